The third kappa shape index (κ3) is 5.32. The number of rotatable bonds is 3. The summed E-state index contributed by atoms with van der Waals surface area (Å²) in [5.41, 5.74) is 0. The lowest BCUT2D eigenvalue weighted by atomic mass is 10.5. The standard InChI is InChI=1S/C6H10O2/c1-3-5-7-8-6-4-2/h3,5H2,1-2H3. The van der Waals surface area contributed by atoms with E-state index >= 15 is 0 Å². The summed E-state index contributed by atoms with van der Waals surface area (Å²) in [7, 11) is 0. The van der Waals surface area contributed by atoms with Crippen molar-refractivity contribution in [2.45, 2.75) is 20.3 Å². The molecule has 2 nitrogen and oxygen atoms in total. The van der Waals surface area contributed by atoms with Crippen LogP contribution in [-0.4, -0.2) is 6.61 Å². The third-order valence-electron chi connectivity index (χ3n) is 0.490. The molecule has 0 aromatic carbocycles. The van der Waals surface area contributed by atoms with Crippen LogP contribution in [0.5, 0.6) is 0 Å². The fourth-order valence-electron chi connectivity index (χ4n) is 0.196. The highest BCUT2D eigenvalue weighted by Crippen LogP contribution is 1.78. The molecule has 2 heteroatoms. The van der Waals surface area contributed by atoms with Gasteiger partial charge < -0.3 is 0 Å². The molecule has 0 aliphatic heterocycles. The van der Waals surface area contributed by atoms with E-state index in [-0.39, 0.29) is 0 Å². The van der Waals surface area contributed by atoms with Gasteiger partial charge in [-0.2, -0.15) is 4.89 Å². The maximum Gasteiger partial charge on any atom is 0.156 e. The molecule has 0 aliphatic rings. The van der Waals surface area contributed by atoms with E-state index in [0.717, 1.165) is 6.42 Å². The van der Waals surface area contributed by atoms with Crippen molar-refractivity contribution >= 4 is 0 Å². The molecule has 0 aromatic rings. The van der Waals surface area contributed by atoms with Crippen molar-refractivity contribution in [2.75, 3.05) is 6.61 Å². The molecule has 0 rings (SSSR count). The van der Waals surface area contributed by atoms with Gasteiger partial charge in [0.1, 0.15) is 0 Å². The summed E-state index contributed by atoms with van der Waals surface area (Å²) in [4.78, 5) is 8.91. The molecule has 0 aliphatic carbocycles. The molecule has 0 amide bonds. The highest BCUT2D eigenvalue weighted by molar-refractivity contribution is 4.83. The maximum absolute atomic E-state index is 4.55. The molecule has 0 bridgehead atoms. The molecular weight excluding hydrogens is 104 g/mol. The van der Waals surface area contributed by atoms with Gasteiger partial charge in [-0.05, 0) is 6.42 Å². The van der Waals surface area contributed by atoms with E-state index < -0.39 is 0 Å². The van der Waals surface area contributed by atoms with E-state index in [0.29, 0.717) is 6.61 Å². The van der Waals surface area contributed by atoms with Crippen LogP contribution in [0.25, 0.3) is 0 Å². The van der Waals surface area contributed by atoms with Gasteiger partial charge in [-0.3, -0.25) is 4.89 Å². The summed E-state index contributed by atoms with van der Waals surface area (Å²) in [6.07, 6.45) is 3.26. The lowest BCUT2D eigenvalue weighted by Gasteiger charge is -1.91. The van der Waals surface area contributed by atoms with E-state index in [2.05, 4.69) is 21.8 Å². The second-order valence-electron chi connectivity index (χ2n) is 1.26. The summed E-state index contributed by atoms with van der Waals surface area (Å²) in [5.74, 6) is 2.53. The molecule has 8 heavy (non-hydrogen) atoms. The Morgan fingerprint density at radius 2 is 2.25 bits per heavy atom. The van der Waals surface area contributed by atoms with Gasteiger partial charge in [0.2, 0.25) is 0 Å². The van der Waals surface area contributed by atoms with Crippen LogP contribution in [0.4, 0.5) is 0 Å². The highest BCUT2D eigenvalue weighted by Gasteiger charge is 1.76. The van der Waals surface area contributed by atoms with Gasteiger partial charge in [0.25, 0.3) is 0 Å². The van der Waals surface area contributed by atoms with Crippen molar-refractivity contribution in [1.82, 2.24) is 0 Å². The van der Waals surface area contributed by atoms with Crippen molar-refractivity contribution in [1.29, 1.82) is 0 Å². The van der Waals surface area contributed by atoms with Crippen LogP contribution in [0.2, 0.25) is 0 Å². The Morgan fingerprint density at radius 1 is 1.50 bits per heavy atom. The zero-order valence-corrected chi connectivity index (χ0v) is 5.23. The lowest BCUT2D eigenvalue weighted by molar-refractivity contribution is -0.236. The van der Waals surface area contributed by atoms with Crippen LogP contribution in [0, 0.1) is 12.0 Å². The quantitative estimate of drug-likeness (QED) is 0.238. The Hall–Kier alpha value is -0.680. The summed E-state index contributed by atoms with van der Waals surface area (Å²) in [6.45, 7) is 4.30. The Labute approximate surface area is 49.7 Å². The number of hydrogen-bond donors (Lipinski definition) is 0. The molecule has 0 N–H and O–H groups in total. The first-order valence-corrected chi connectivity index (χ1v) is 2.62. The van der Waals surface area contributed by atoms with Crippen LogP contribution in [0.3, 0.4) is 0 Å². The number of hydrogen-bond acceptors (Lipinski definition) is 2. The maximum atomic E-state index is 4.55. The zero-order valence-electron chi connectivity index (χ0n) is 5.23. The normalized spacial score (nSPS) is 7.25. The lowest BCUT2D eigenvalue weighted by Crippen LogP contribution is -1.88. The molecule has 0 radical (unpaired) electrons. The molecule has 46 valence electrons. The van der Waals surface area contributed by atoms with Crippen LogP contribution < -0.4 is 0 Å². The van der Waals surface area contributed by atoms with Gasteiger partial charge in [0.05, 0.1) is 6.61 Å². The first kappa shape index (κ1) is 7.32. The third-order valence-corrected chi connectivity index (χ3v) is 0.490. The second-order valence-corrected chi connectivity index (χ2v) is 1.26. The largest absolute Gasteiger partial charge is 0.283 e. The van der Waals surface area contributed by atoms with Crippen molar-refractivity contribution < 1.29 is 9.78 Å². The highest BCUT2D eigenvalue weighted by atomic mass is 17.2. The molecule has 0 aromatic heterocycles. The van der Waals surface area contributed by atoms with E-state index in [4.69, 9.17) is 0 Å². The zero-order chi connectivity index (χ0) is 6.24. The minimum Gasteiger partial charge on any atom is -0.283 e. The molecule has 0 atom stereocenters. The first-order chi connectivity index (χ1) is 3.91. The summed E-state index contributed by atoms with van der Waals surface area (Å²) >= 11 is 0. The average molecular weight is 114 g/mol. The Kier molecular flexibility index (Phi) is 5.78. The fourth-order valence-corrected chi connectivity index (χ4v) is 0.196. The first-order valence-electron chi connectivity index (χ1n) is 2.62. The molecule has 0 heterocycles. The fraction of sp³-hybridized carbons (Fsp3) is 0.667. The molecule has 0 fully saturated rings. The van der Waals surface area contributed by atoms with Crippen molar-refractivity contribution in [3.05, 3.63) is 0 Å². The van der Waals surface area contributed by atoms with E-state index in [1.165, 1.54) is 0 Å². The van der Waals surface area contributed by atoms with Gasteiger partial charge in [-0.1, -0.05) is 12.8 Å². The molecule has 0 saturated heterocycles. The minimum atomic E-state index is 0.606. The summed E-state index contributed by atoms with van der Waals surface area (Å²) in [6, 6.07) is 0. The van der Waals surface area contributed by atoms with Gasteiger partial charge >= 0.3 is 0 Å². The second kappa shape index (κ2) is 6.32. The Balaban J connectivity index is 2.79. The van der Waals surface area contributed by atoms with Gasteiger partial charge in [0, 0.05) is 6.92 Å². The monoisotopic (exact) mass is 114 g/mol. The van der Waals surface area contributed by atoms with Gasteiger partial charge in [0.15, 0.2) is 6.11 Å². The molecule has 0 unspecified atom stereocenters. The Morgan fingerprint density at radius 3 is 2.75 bits per heavy atom. The van der Waals surface area contributed by atoms with Crippen LogP contribution in [0.1, 0.15) is 20.3 Å². The van der Waals surface area contributed by atoms with E-state index in [9.17, 15) is 0 Å². The molecule has 0 saturated carbocycles. The van der Waals surface area contributed by atoms with Crippen molar-refractivity contribution in [3.63, 3.8) is 0 Å². The SMILES string of the molecule is CC#COOCCC. The topological polar surface area (TPSA) is 18.5 Å². The smallest absolute Gasteiger partial charge is 0.156 e. The molecular formula is C6H10O2. The Bertz CT molecular complexity index is 88.4. The van der Waals surface area contributed by atoms with E-state index in [1.807, 2.05) is 6.92 Å². The van der Waals surface area contributed by atoms with Crippen LogP contribution >= 0.6 is 0 Å². The van der Waals surface area contributed by atoms with Crippen LogP contribution in [0.15, 0.2) is 0 Å². The average Bonchev–Trinajstić information content (AvgIpc) is 1.81. The minimum absolute atomic E-state index is 0.606. The summed E-state index contributed by atoms with van der Waals surface area (Å²) < 4.78 is 0. The predicted molar refractivity (Wildman–Crippen MR) is 30.8 cm³/mol. The molecule has 0 spiro atoms. The van der Waals surface area contributed by atoms with Crippen molar-refractivity contribution in [2.24, 2.45) is 0 Å². The van der Waals surface area contributed by atoms with Crippen LogP contribution in [-0.2, 0) is 9.78 Å². The van der Waals surface area contributed by atoms with Gasteiger partial charge in [-0.15, -0.1) is 0 Å². The van der Waals surface area contributed by atoms with Crippen molar-refractivity contribution in [3.8, 4) is 12.0 Å². The van der Waals surface area contributed by atoms with Gasteiger partial charge in [-0.25, -0.2) is 0 Å². The van der Waals surface area contributed by atoms with E-state index in [1.54, 1.807) is 6.92 Å². The summed E-state index contributed by atoms with van der Waals surface area (Å²) in [5, 5.41) is 0. The predicted octanol–water partition coefficient (Wildman–Crippen LogP) is 1.33.